The number of nitro benzene ring substituents is 1. The number of fused-ring (bicyclic) bond motifs is 3. The molecule has 4 rings (SSSR count). The zero-order valence-corrected chi connectivity index (χ0v) is 13.0. The normalized spacial score (nSPS) is 11.5. The van der Waals surface area contributed by atoms with Gasteiger partial charge in [-0.2, -0.15) is 5.10 Å². The molecule has 0 atom stereocenters. The summed E-state index contributed by atoms with van der Waals surface area (Å²) in [6, 6.07) is 19.3. The molecule has 4 aromatic rings. The first kappa shape index (κ1) is 14.9. The van der Waals surface area contributed by atoms with Crippen molar-refractivity contribution in [2.75, 3.05) is 0 Å². The number of para-hydroxylation sites is 2. The molecule has 1 aromatic heterocycles. The summed E-state index contributed by atoms with van der Waals surface area (Å²) in [5, 5.41) is 29.4. The minimum absolute atomic E-state index is 0.136. The summed E-state index contributed by atoms with van der Waals surface area (Å²) in [6.45, 7) is 0. The van der Waals surface area contributed by atoms with Gasteiger partial charge in [-0.3, -0.25) is 10.1 Å². The molecule has 0 bridgehead atoms. The molecular weight excluding hydrogens is 318 g/mol. The highest BCUT2D eigenvalue weighted by molar-refractivity contribution is 6.08. The van der Waals surface area contributed by atoms with Gasteiger partial charge < -0.3 is 5.11 Å². The lowest BCUT2D eigenvalue weighted by Crippen LogP contribution is -1.99. The fourth-order valence-corrected chi connectivity index (χ4v) is 2.90. The molecule has 0 aliphatic carbocycles. The van der Waals surface area contributed by atoms with Gasteiger partial charge in [0.15, 0.2) is 0 Å². The summed E-state index contributed by atoms with van der Waals surface area (Å²) >= 11 is 0. The van der Waals surface area contributed by atoms with Crippen LogP contribution < -0.4 is 5.11 Å². The Morgan fingerprint density at radius 2 is 1.52 bits per heavy atom. The molecule has 0 amide bonds. The molecule has 6 nitrogen and oxygen atoms in total. The van der Waals surface area contributed by atoms with Gasteiger partial charge in [0.1, 0.15) is 0 Å². The monoisotopic (exact) mass is 330 g/mol. The lowest BCUT2D eigenvalue weighted by Gasteiger charge is -2.09. The van der Waals surface area contributed by atoms with Crippen molar-refractivity contribution in [3.63, 3.8) is 0 Å². The quantitative estimate of drug-likeness (QED) is 0.326. The number of hydrogen-bond donors (Lipinski definition) is 0. The summed E-state index contributed by atoms with van der Waals surface area (Å²) in [6.07, 6.45) is 1.37. The third kappa shape index (κ3) is 2.49. The van der Waals surface area contributed by atoms with Gasteiger partial charge in [-0.15, -0.1) is 0 Å². The van der Waals surface area contributed by atoms with E-state index in [1.54, 1.807) is 4.68 Å². The molecule has 122 valence electrons. The molecule has 0 unspecified atom stereocenters. The van der Waals surface area contributed by atoms with E-state index in [4.69, 9.17) is 0 Å². The minimum atomic E-state index is -0.531. The topological polar surface area (TPSA) is 83.5 Å². The van der Waals surface area contributed by atoms with Crippen LogP contribution in [0.3, 0.4) is 0 Å². The Labute approximate surface area is 142 Å². The number of non-ortho nitro benzene ring substituents is 1. The second-order valence-electron chi connectivity index (χ2n) is 5.57. The number of nitro groups is 1. The summed E-state index contributed by atoms with van der Waals surface area (Å²) in [4.78, 5) is 10.4. The highest BCUT2D eigenvalue weighted by atomic mass is 16.6. The van der Waals surface area contributed by atoms with Crippen molar-refractivity contribution in [2.45, 2.75) is 0 Å². The van der Waals surface area contributed by atoms with Crippen molar-refractivity contribution in [3.05, 3.63) is 82.4 Å². The predicted molar refractivity (Wildman–Crippen MR) is 95.0 cm³/mol. The lowest BCUT2D eigenvalue weighted by atomic mass is 10.2. The van der Waals surface area contributed by atoms with E-state index in [2.05, 4.69) is 5.10 Å². The van der Waals surface area contributed by atoms with E-state index in [0.717, 1.165) is 21.8 Å². The van der Waals surface area contributed by atoms with E-state index < -0.39 is 4.92 Å². The first-order chi connectivity index (χ1) is 12.1. The molecule has 0 radical (unpaired) electrons. The average molecular weight is 330 g/mol. The Morgan fingerprint density at radius 1 is 0.920 bits per heavy atom. The van der Waals surface area contributed by atoms with Gasteiger partial charge in [-0.1, -0.05) is 48.2 Å². The molecular formula is C19H12N3O3-. The van der Waals surface area contributed by atoms with Crippen molar-refractivity contribution in [2.24, 2.45) is 5.10 Å². The highest BCUT2D eigenvalue weighted by Crippen LogP contribution is 2.28. The van der Waals surface area contributed by atoms with Crippen LogP contribution in [0.15, 0.2) is 71.8 Å². The Balaban J connectivity index is 1.90. The zero-order chi connectivity index (χ0) is 17.4. The standard InChI is InChI=1S/C19H13N3O3/c23-19-10-9-14(22(24)25)11-13(19)12-20-21-17-7-3-1-5-15(17)16-6-2-4-8-18(16)21/h1-12,23H/p-1/b20-12-. The van der Waals surface area contributed by atoms with E-state index in [1.807, 2.05) is 48.5 Å². The maximum Gasteiger partial charge on any atom is 0.270 e. The van der Waals surface area contributed by atoms with Gasteiger partial charge in [0.2, 0.25) is 0 Å². The Kier molecular flexibility index (Phi) is 3.43. The van der Waals surface area contributed by atoms with Gasteiger partial charge in [-0.25, -0.2) is 4.68 Å². The fraction of sp³-hybridized carbons (Fsp3) is 0. The van der Waals surface area contributed by atoms with Crippen molar-refractivity contribution in [1.29, 1.82) is 0 Å². The third-order valence-electron chi connectivity index (χ3n) is 4.07. The third-order valence-corrected chi connectivity index (χ3v) is 4.07. The second kappa shape index (κ2) is 5.76. The summed E-state index contributed by atoms with van der Waals surface area (Å²) < 4.78 is 1.74. The molecule has 0 saturated carbocycles. The SMILES string of the molecule is O=[N+]([O-])c1ccc([O-])c(/C=N\n2c3ccccc3c3ccccc32)c1. The molecule has 3 aromatic carbocycles. The van der Waals surface area contributed by atoms with Crippen LogP contribution in [-0.2, 0) is 0 Å². The summed E-state index contributed by atoms with van der Waals surface area (Å²) in [5.74, 6) is -0.310. The van der Waals surface area contributed by atoms with Gasteiger partial charge >= 0.3 is 0 Å². The molecule has 25 heavy (non-hydrogen) atoms. The average Bonchev–Trinajstić information content (AvgIpc) is 2.95. The Hall–Kier alpha value is -3.67. The van der Waals surface area contributed by atoms with Crippen LogP contribution in [0.1, 0.15) is 5.56 Å². The fourth-order valence-electron chi connectivity index (χ4n) is 2.90. The smallest absolute Gasteiger partial charge is 0.270 e. The molecule has 0 fully saturated rings. The second-order valence-corrected chi connectivity index (χ2v) is 5.57. The first-order valence-corrected chi connectivity index (χ1v) is 7.63. The molecule has 0 aliphatic heterocycles. The molecule has 0 aliphatic rings. The number of aromatic nitrogens is 1. The zero-order valence-electron chi connectivity index (χ0n) is 13.0. The van der Waals surface area contributed by atoms with Gasteiger partial charge in [0.25, 0.3) is 5.69 Å². The molecule has 0 saturated heterocycles. The van der Waals surface area contributed by atoms with E-state index >= 15 is 0 Å². The van der Waals surface area contributed by atoms with Crippen LogP contribution >= 0.6 is 0 Å². The van der Waals surface area contributed by atoms with Gasteiger partial charge in [-0.05, 0) is 17.7 Å². The number of nitrogens with zero attached hydrogens (tertiary/aromatic N) is 3. The maximum absolute atomic E-state index is 12.0. The highest BCUT2D eigenvalue weighted by Gasteiger charge is 2.09. The number of hydrogen-bond acceptors (Lipinski definition) is 4. The predicted octanol–water partition coefficient (Wildman–Crippen LogP) is 3.66. The van der Waals surface area contributed by atoms with Crippen LogP contribution in [0.25, 0.3) is 21.8 Å². The van der Waals surface area contributed by atoms with Crippen molar-refractivity contribution < 1.29 is 10.0 Å². The number of rotatable bonds is 3. The van der Waals surface area contributed by atoms with Crippen LogP contribution in [0, 0.1) is 10.1 Å². The largest absolute Gasteiger partial charge is 0.872 e. The Morgan fingerprint density at radius 3 is 2.12 bits per heavy atom. The van der Waals surface area contributed by atoms with Crippen LogP contribution in [0.4, 0.5) is 5.69 Å². The van der Waals surface area contributed by atoms with Crippen molar-refractivity contribution in [1.82, 2.24) is 4.68 Å². The van der Waals surface area contributed by atoms with E-state index in [1.165, 1.54) is 24.4 Å². The minimum Gasteiger partial charge on any atom is -0.872 e. The van der Waals surface area contributed by atoms with E-state index in [-0.39, 0.29) is 17.0 Å². The van der Waals surface area contributed by atoms with Gasteiger partial charge in [0.05, 0.1) is 22.2 Å². The first-order valence-electron chi connectivity index (χ1n) is 7.63. The van der Waals surface area contributed by atoms with Crippen molar-refractivity contribution in [3.8, 4) is 5.75 Å². The van der Waals surface area contributed by atoms with E-state index in [9.17, 15) is 15.2 Å². The van der Waals surface area contributed by atoms with Crippen LogP contribution in [-0.4, -0.2) is 15.8 Å². The molecule has 6 heteroatoms. The summed E-state index contributed by atoms with van der Waals surface area (Å²) in [7, 11) is 0. The van der Waals surface area contributed by atoms with E-state index in [0.29, 0.717) is 0 Å². The Bertz CT molecular complexity index is 1090. The van der Waals surface area contributed by atoms with Crippen LogP contribution in [0.2, 0.25) is 0 Å². The van der Waals surface area contributed by atoms with Gasteiger partial charge in [0, 0.05) is 22.9 Å². The molecule has 1 heterocycles. The molecule has 0 N–H and O–H groups in total. The molecule has 0 spiro atoms. The maximum atomic E-state index is 12.0. The number of benzene rings is 3. The van der Waals surface area contributed by atoms with Crippen LogP contribution in [0.5, 0.6) is 5.75 Å². The summed E-state index contributed by atoms with van der Waals surface area (Å²) in [5.41, 5.74) is 1.84. The lowest BCUT2D eigenvalue weighted by molar-refractivity contribution is -0.385. The van der Waals surface area contributed by atoms with Crippen molar-refractivity contribution >= 4 is 33.7 Å².